The maximum atomic E-state index is 6.00. The second-order valence-electron chi connectivity index (χ2n) is 7.55. The number of oxazole rings is 1. The molecule has 0 aliphatic carbocycles. The maximum Gasteiger partial charge on any atom is 0.227 e. The van der Waals surface area contributed by atoms with Gasteiger partial charge in [0.15, 0.2) is 11.8 Å². The zero-order chi connectivity index (χ0) is 23.2. The molecule has 0 saturated carbocycles. The van der Waals surface area contributed by atoms with Crippen molar-refractivity contribution in [2.24, 2.45) is 0 Å². The lowest BCUT2D eigenvalue weighted by molar-refractivity contribution is 0.392. The minimum absolute atomic E-state index is 0.366. The molecule has 1 atom stereocenters. The molecule has 1 unspecified atom stereocenters. The summed E-state index contributed by atoms with van der Waals surface area (Å²) in [5.41, 5.74) is 1.20. The van der Waals surface area contributed by atoms with E-state index in [1.165, 1.54) is 18.8 Å². The van der Waals surface area contributed by atoms with Crippen LogP contribution >= 0.6 is 11.3 Å². The van der Waals surface area contributed by atoms with Crippen LogP contribution in [0.25, 0.3) is 11.3 Å². The summed E-state index contributed by atoms with van der Waals surface area (Å²) in [6.07, 6.45) is 9.60. The second kappa shape index (κ2) is 7.60. The standard InChI is InChI=1S/C23H15N7O4S/c1-5-18(24-8-1)29-21(15-7-11-33-27-15)20(22-25-9-12-32-22)23(16-14-34-28-26-16,17-4-3-13-35-17)30(29)19-6-2-10-31-19/h1-14,24H. The van der Waals surface area contributed by atoms with E-state index in [2.05, 4.69) is 25.5 Å². The predicted molar refractivity (Wildman–Crippen MR) is 124 cm³/mol. The van der Waals surface area contributed by atoms with Crippen molar-refractivity contribution in [3.8, 4) is 0 Å². The van der Waals surface area contributed by atoms with Crippen LogP contribution in [0.3, 0.4) is 0 Å². The van der Waals surface area contributed by atoms with Crippen LogP contribution in [0, 0.1) is 0 Å². The van der Waals surface area contributed by atoms with Gasteiger partial charge in [-0.1, -0.05) is 11.2 Å². The van der Waals surface area contributed by atoms with Crippen LogP contribution in [0.1, 0.15) is 22.2 Å². The predicted octanol–water partition coefficient (Wildman–Crippen LogP) is 4.78. The monoisotopic (exact) mass is 485 g/mol. The molecule has 6 aromatic rings. The molecular weight excluding hydrogens is 470 g/mol. The Morgan fingerprint density at radius 1 is 0.971 bits per heavy atom. The normalized spacial score (nSPS) is 18.2. The SMILES string of the molecule is c1c[nH]c(N2C(c3ccon3)=C(c3ncco3)C(c3conn3)(c3cccs3)N2c2ccco2)c1. The molecule has 0 bridgehead atoms. The Labute approximate surface area is 200 Å². The summed E-state index contributed by atoms with van der Waals surface area (Å²) in [6, 6.07) is 13.3. The molecule has 35 heavy (non-hydrogen) atoms. The van der Waals surface area contributed by atoms with E-state index < -0.39 is 5.54 Å². The molecule has 12 heteroatoms. The van der Waals surface area contributed by atoms with Crippen LogP contribution in [-0.4, -0.2) is 25.5 Å². The summed E-state index contributed by atoms with van der Waals surface area (Å²) >= 11 is 1.54. The van der Waals surface area contributed by atoms with Gasteiger partial charge in [0.05, 0.1) is 18.0 Å². The molecule has 0 saturated heterocycles. The number of furan rings is 1. The lowest BCUT2D eigenvalue weighted by Crippen LogP contribution is -2.51. The molecule has 1 aliphatic heterocycles. The van der Waals surface area contributed by atoms with Crippen molar-refractivity contribution in [1.29, 1.82) is 0 Å². The average molecular weight is 485 g/mol. The number of thiophene rings is 1. The zero-order valence-corrected chi connectivity index (χ0v) is 18.6. The van der Waals surface area contributed by atoms with Crippen molar-refractivity contribution in [2.75, 3.05) is 10.0 Å². The quantitative estimate of drug-likeness (QED) is 0.352. The van der Waals surface area contributed by atoms with E-state index in [-0.39, 0.29) is 0 Å². The Morgan fingerprint density at radius 2 is 1.97 bits per heavy atom. The molecule has 7 heterocycles. The van der Waals surface area contributed by atoms with Crippen LogP contribution in [0.2, 0.25) is 0 Å². The Kier molecular flexibility index (Phi) is 4.26. The highest BCUT2D eigenvalue weighted by atomic mass is 32.1. The number of nitrogens with zero attached hydrogens (tertiary/aromatic N) is 6. The molecular formula is C23H15N7O4S. The molecule has 11 nitrogen and oxygen atoms in total. The molecule has 172 valence electrons. The van der Waals surface area contributed by atoms with Crippen molar-refractivity contribution in [3.63, 3.8) is 0 Å². The fourth-order valence-corrected chi connectivity index (χ4v) is 5.46. The van der Waals surface area contributed by atoms with Crippen molar-refractivity contribution >= 4 is 34.3 Å². The van der Waals surface area contributed by atoms with Crippen LogP contribution in [-0.2, 0) is 5.54 Å². The van der Waals surface area contributed by atoms with Gasteiger partial charge in [0, 0.05) is 28.5 Å². The first-order valence-electron chi connectivity index (χ1n) is 10.5. The summed E-state index contributed by atoms with van der Waals surface area (Å²) in [5, 5.41) is 18.4. The third-order valence-electron chi connectivity index (χ3n) is 5.79. The largest absolute Gasteiger partial charge is 0.447 e. The fourth-order valence-electron chi connectivity index (χ4n) is 4.54. The maximum absolute atomic E-state index is 6.00. The first kappa shape index (κ1) is 19.6. The molecule has 6 aromatic heterocycles. The Bertz CT molecular complexity index is 1500. The highest BCUT2D eigenvalue weighted by Crippen LogP contribution is 2.58. The van der Waals surface area contributed by atoms with E-state index in [1.54, 1.807) is 29.9 Å². The number of nitrogens with one attached hydrogen (secondary N) is 1. The highest BCUT2D eigenvalue weighted by molar-refractivity contribution is 7.10. The van der Waals surface area contributed by atoms with Gasteiger partial charge in [0.25, 0.3) is 0 Å². The number of rotatable bonds is 6. The summed E-state index contributed by atoms with van der Waals surface area (Å²) in [5.74, 6) is 1.63. The third kappa shape index (κ3) is 2.71. The van der Waals surface area contributed by atoms with Crippen LogP contribution in [0.5, 0.6) is 0 Å². The van der Waals surface area contributed by atoms with Gasteiger partial charge in [-0.3, -0.25) is 0 Å². The topological polar surface area (TPSA) is 126 Å². The van der Waals surface area contributed by atoms with Crippen molar-refractivity contribution < 1.29 is 17.9 Å². The number of H-pyrrole nitrogens is 1. The van der Waals surface area contributed by atoms with Gasteiger partial charge >= 0.3 is 0 Å². The summed E-state index contributed by atoms with van der Waals surface area (Å²) < 4.78 is 22.5. The minimum Gasteiger partial charge on any atom is -0.447 e. The van der Waals surface area contributed by atoms with Gasteiger partial charge < -0.3 is 22.9 Å². The summed E-state index contributed by atoms with van der Waals surface area (Å²) in [6.45, 7) is 0. The number of anilines is 2. The van der Waals surface area contributed by atoms with Crippen molar-refractivity contribution in [1.82, 2.24) is 25.5 Å². The van der Waals surface area contributed by atoms with Gasteiger partial charge in [-0.25, -0.2) is 15.0 Å². The Hall–Kier alpha value is -4.84. The van der Waals surface area contributed by atoms with Gasteiger partial charge in [-0.05, 0) is 29.6 Å². The molecule has 0 fully saturated rings. The van der Waals surface area contributed by atoms with E-state index in [0.29, 0.717) is 34.4 Å². The number of hydrogen-bond acceptors (Lipinski definition) is 11. The van der Waals surface area contributed by atoms with E-state index in [4.69, 9.17) is 17.9 Å². The number of aromatic nitrogens is 5. The molecule has 1 N–H and O–H groups in total. The lowest BCUT2D eigenvalue weighted by atomic mass is 9.83. The summed E-state index contributed by atoms with van der Waals surface area (Å²) in [7, 11) is 0. The van der Waals surface area contributed by atoms with Crippen molar-refractivity contribution in [3.05, 3.63) is 107 Å². The van der Waals surface area contributed by atoms with Crippen LogP contribution < -0.4 is 10.0 Å². The highest BCUT2D eigenvalue weighted by Gasteiger charge is 2.61. The Morgan fingerprint density at radius 3 is 2.63 bits per heavy atom. The van der Waals surface area contributed by atoms with E-state index in [0.717, 1.165) is 10.7 Å². The molecule has 7 rings (SSSR count). The molecule has 0 amide bonds. The minimum atomic E-state index is -1.16. The average Bonchev–Trinajstić information content (AvgIpc) is 3.71. The number of hydrogen-bond donors (Lipinski definition) is 1. The zero-order valence-electron chi connectivity index (χ0n) is 17.8. The van der Waals surface area contributed by atoms with Crippen LogP contribution in [0.4, 0.5) is 11.7 Å². The first-order valence-corrected chi connectivity index (χ1v) is 11.4. The molecule has 1 aliphatic rings. The second-order valence-corrected chi connectivity index (χ2v) is 8.50. The third-order valence-corrected chi connectivity index (χ3v) is 6.77. The van der Waals surface area contributed by atoms with Gasteiger partial charge in [0.2, 0.25) is 11.8 Å². The van der Waals surface area contributed by atoms with E-state index in [9.17, 15) is 0 Å². The van der Waals surface area contributed by atoms with Crippen molar-refractivity contribution in [2.45, 2.75) is 5.54 Å². The van der Waals surface area contributed by atoms with Gasteiger partial charge in [-0.2, -0.15) is 0 Å². The van der Waals surface area contributed by atoms with E-state index in [1.807, 2.05) is 58.0 Å². The first-order chi connectivity index (χ1) is 17.4. The van der Waals surface area contributed by atoms with Crippen LogP contribution in [0.15, 0.2) is 103 Å². The fraction of sp³-hybridized carbons (Fsp3) is 0.0435. The molecule has 0 aromatic carbocycles. The smallest absolute Gasteiger partial charge is 0.227 e. The van der Waals surface area contributed by atoms with Gasteiger partial charge in [-0.15, -0.1) is 16.4 Å². The molecule has 0 radical (unpaired) electrons. The van der Waals surface area contributed by atoms with E-state index >= 15 is 0 Å². The summed E-state index contributed by atoms with van der Waals surface area (Å²) in [4.78, 5) is 8.75. The number of aromatic amines is 1. The number of hydrazine groups is 1. The molecule has 0 spiro atoms. The lowest BCUT2D eigenvalue weighted by Gasteiger charge is -2.40. The Balaban J connectivity index is 1.69. The van der Waals surface area contributed by atoms with Gasteiger partial charge in [0.1, 0.15) is 35.4 Å².